The molecule has 2 bridgehead atoms. The van der Waals surface area contributed by atoms with Crippen LogP contribution in [0.3, 0.4) is 0 Å². The molecule has 2 saturated carbocycles. The van der Waals surface area contributed by atoms with E-state index in [0.717, 1.165) is 58.9 Å². The molecule has 1 aromatic carbocycles. The number of aliphatic hydroxyl groups is 1. The van der Waals surface area contributed by atoms with Gasteiger partial charge in [0.15, 0.2) is 0 Å². The highest BCUT2D eigenvalue weighted by Crippen LogP contribution is 2.51. The molecule has 2 heterocycles. The van der Waals surface area contributed by atoms with Gasteiger partial charge in [0, 0.05) is 12.6 Å². The number of nitrogens with one attached hydrogen (secondary N) is 2. The number of carbonyl (C=O) groups excluding carboxylic acids is 1. The third-order valence-corrected chi connectivity index (χ3v) is 8.77. The maximum Gasteiger partial charge on any atom is 0.294 e. The highest BCUT2D eigenvalue weighted by molar-refractivity contribution is 6.01. The first-order valence-electron chi connectivity index (χ1n) is 15.1. The molecular formula is C33H45N5O3. The van der Waals surface area contributed by atoms with E-state index >= 15 is 0 Å². The molecule has 3 aromatic rings. The van der Waals surface area contributed by atoms with Crippen LogP contribution in [0.15, 0.2) is 36.5 Å². The van der Waals surface area contributed by atoms with Crippen LogP contribution in [0.5, 0.6) is 5.75 Å². The van der Waals surface area contributed by atoms with Crippen molar-refractivity contribution in [1.82, 2.24) is 20.2 Å². The zero-order chi connectivity index (χ0) is 29.2. The number of H-pyrrole nitrogens is 1. The third kappa shape index (κ3) is 7.73. The Morgan fingerprint density at radius 2 is 1.90 bits per heavy atom. The zero-order valence-electron chi connectivity index (χ0n) is 25.2. The van der Waals surface area contributed by atoms with Crippen LogP contribution in [0.1, 0.15) is 94.6 Å². The minimum Gasteiger partial charge on any atom is -0.494 e. The van der Waals surface area contributed by atoms with E-state index in [2.05, 4.69) is 39.3 Å². The van der Waals surface area contributed by atoms with Gasteiger partial charge in [-0.3, -0.25) is 4.79 Å². The number of pyridine rings is 1. The molecule has 2 aliphatic rings. The van der Waals surface area contributed by atoms with E-state index in [1.54, 1.807) is 20.0 Å². The molecule has 8 nitrogen and oxygen atoms in total. The average molecular weight is 560 g/mol. The Hall–Kier alpha value is -3.26. The summed E-state index contributed by atoms with van der Waals surface area (Å²) in [5.74, 6) is 4.30. The molecule has 2 aromatic heterocycles. The SMILES string of the molecule is Cc1ccc(OCCCC(C)(C)O)cc1-c1ccnc(NC(=O)c2nnc(CC3(C)CC4CC(C)CC(C4)C3)[nH]2)c1. The molecule has 5 rings (SSSR count). The minimum atomic E-state index is -0.696. The standard InChI is InChI=1S/C33H45N5O3/c1-21-13-23-15-24(14-21)19-33(5,18-23)20-29-35-30(38-37-29)31(39)36-28-16-25(9-11-34-28)27-17-26(8-7-22(27)2)41-12-6-10-32(3,4)40/h7-9,11,16-17,21,23-24,40H,6,10,12-15,18-20H2,1-5H3,(H,34,36,39)(H,35,37,38). The Balaban J connectivity index is 1.21. The number of hydrogen-bond acceptors (Lipinski definition) is 6. The van der Waals surface area contributed by atoms with Crippen LogP contribution < -0.4 is 10.1 Å². The topological polar surface area (TPSA) is 113 Å². The van der Waals surface area contributed by atoms with Crippen molar-refractivity contribution < 1.29 is 14.6 Å². The number of benzene rings is 1. The Morgan fingerprint density at radius 3 is 2.63 bits per heavy atom. The van der Waals surface area contributed by atoms with Gasteiger partial charge < -0.3 is 20.1 Å². The summed E-state index contributed by atoms with van der Waals surface area (Å²) in [4.78, 5) is 20.6. The molecule has 2 unspecified atom stereocenters. The second-order valence-corrected chi connectivity index (χ2v) is 13.7. The van der Waals surface area contributed by atoms with E-state index in [9.17, 15) is 9.90 Å². The number of fused-ring (bicyclic) bond motifs is 2. The number of aromatic nitrogens is 4. The van der Waals surface area contributed by atoms with Gasteiger partial charge in [-0.05, 0) is 130 Å². The lowest BCUT2D eigenvalue weighted by Crippen LogP contribution is -2.37. The van der Waals surface area contributed by atoms with Crippen molar-refractivity contribution in [2.24, 2.45) is 23.2 Å². The van der Waals surface area contributed by atoms with Gasteiger partial charge in [-0.15, -0.1) is 10.2 Å². The highest BCUT2D eigenvalue weighted by atomic mass is 16.5. The van der Waals surface area contributed by atoms with E-state index in [-0.39, 0.29) is 17.1 Å². The summed E-state index contributed by atoms with van der Waals surface area (Å²) in [6.07, 6.45) is 10.4. The van der Waals surface area contributed by atoms with E-state index in [4.69, 9.17) is 4.74 Å². The predicted octanol–water partition coefficient (Wildman–Crippen LogP) is 6.75. The second-order valence-electron chi connectivity index (χ2n) is 13.7. The van der Waals surface area contributed by atoms with Gasteiger partial charge in [-0.1, -0.05) is 19.9 Å². The quantitative estimate of drug-likeness (QED) is 0.237. The first-order valence-corrected chi connectivity index (χ1v) is 15.1. The summed E-state index contributed by atoms with van der Waals surface area (Å²) in [6.45, 7) is 11.0. The fourth-order valence-electron chi connectivity index (χ4n) is 7.27. The molecule has 8 heteroatoms. The molecule has 2 atom stereocenters. The fourth-order valence-corrected chi connectivity index (χ4v) is 7.27. The van der Waals surface area contributed by atoms with Crippen molar-refractivity contribution in [2.75, 3.05) is 11.9 Å². The Morgan fingerprint density at radius 1 is 1.15 bits per heavy atom. The molecule has 2 aliphatic carbocycles. The van der Waals surface area contributed by atoms with E-state index in [0.29, 0.717) is 18.8 Å². The number of amides is 1. The maximum atomic E-state index is 13.1. The summed E-state index contributed by atoms with van der Waals surface area (Å²) in [5.41, 5.74) is 2.52. The van der Waals surface area contributed by atoms with Gasteiger partial charge >= 0.3 is 0 Å². The summed E-state index contributed by atoms with van der Waals surface area (Å²) < 4.78 is 5.95. The lowest BCUT2D eigenvalue weighted by molar-refractivity contribution is 0.0455. The normalized spacial score (nSPS) is 24.2. The zero-order valence-corrected chi connectivity index (χ0v) is 25.2. The molecule has 0 spiro atoms. The number of rotatable bonds is 10. The van der Waals surface area contributed by atoms with Gasteiger partial charge in [-0.2, -0.15) is 0 Å². The number of carbonyl (C=O) groups is 1. The van der Waals surface area contributed by atoms with Crippen molar-refractivity contribution in [3.63, 3.8) is 0 Å². The minimum absolute atomic E-state index is 0.197. The first kappa shape index (κ1) is 29.2. The van der Waals surface area contributed by atoms with Gasteiger partial charge in [-0.25, -0.2) is 4.98 Å². The van der Waals surface area contributed by atoms with E-state index < -0.39 is 5.60 Å². The lowest BCUT2D eigenvalue weighted by atomic mass is 9.58. The molecule has 220 valence electrons. The summed E-state index contributed by atoms with van der Waals surface area (Å²) >= 11 is 0. The van der Waals surface area contributed by atoms with Crippen LogP contribution in [-0.4, -0.2) is 43.4 Å². The van der Waals surface area contributed by atoms with Crippen LogP contribution in [0.25, 0.3) is 11.1 Å². The molecule has 1 amide bonds. The molecule has 41 heavy (non-hydrogen) atoms. The smallest absolute Gasteiger partial charge is 0.294 e. The van der Waals surface area contributed by atoms with Gasteiger partial charge in [0.05, 0.1) is 12.2 Å². The molecule has 3 N–H and O–H groups in total. The number of anilines is 1. The summed E-state index contributed by atoms with van der Waals surface area (Å²) in [5, 5.41) is 21.3. The van der Waals surface area contributed by atoms with Crippen LogP contribution >= 0.6 is 0 Å². The number of nitrogens with zero attached hydrogens (tertiary/aromatic N) is 3. The Kier molecular flexibility index (Phi) is 8.50. The summed E-state index contributed by atoms with van der Waals surface area (Å²) in [6, 6.07) is 9.76. The van der Waals surface area contributed by atoms with Crippen molar-refractivity contribution in [2.45, 2.75) is 91.6 Å². The highest BCUT2D eigenvalue weighted by Gasteiger charge is 2.41. The van der Waals surface area contributed by atoms with Crippen molar-refractivity contribution in [1.29, 1.82) is 0 Å². The third-order valence-electron chi connectivity index (χ3n) is 8.77. The van der Waals surface area contributed by atoms with E-state index in [1.807, 2.05) is 37.3 Å². The van der Waals surface area contributed by atoms with Crippen LogP contribution in [-0.2, 0) is 6.42 Å². The van der Waals surface area contributed by atoms with Crippen LogP contribution in [0, 0.1) is 30.1 Å². The van der Waals surface area contributed by atoms with Gasteiger partial charge in [0.25, 0.3) is 5.91 Å². The summed E-state index contributed by atoms with van der Waals surface area (Å²) in [7, 11) is 0. The monoisotopic (exact) mass is 559 g/mol. The first-order chi connectivity index (χ1) is 19.4. The fraction of sp³-hybridized carbons (Fsp3) is 0.576. The largest absolute Gasteiger partial charge is 0.494 e. The van der Waals surface area contributed by atoms with Crippen molar-refractivity contribution >= 4 is 11.7 Å². The number of ether oxygens (including phenoxy) is 1. The molecule has 0 radical (unpaired) electrons. The van der Waals surface area contributed by atoms with Gasteiger partial charge in [0.1, 0.15) is 17.4 Å². The second kappa shape index (κ2) is 11.9. The molecule has 2 fully saturated rings. The van der Waals surface area contributed by atoms with Crippen LogP contribution in [0.2, 0.25) is 0 Å². The lowest BCUT2D eigenvalue weighted by Gasteiger charge is -2.47. The van der Waals surface area contributed by atoms with Crippen molar-refractivity contribution in [3.05, 3.63) is 53.7 Å². The number of aromatic amines is 1. The van der Waals surface area contributed by atoms with Crippen molar-refractivity contribution in [3.8, 4) is 16.9 Å². The predicted molar refractivity (Wildman–Crippen MR) is 161 cm³/mol. The molecule has 0 aliphatic heterocycles. The van der Waals surface area contributed by atoms with Crippen LogP contribution in [0.4, 0.5) is 5.82 Å². The maximum absolute atomic E-state index is 13.1. The van der Waals surface area contributed by atoms with Gasteiger partial charge in [0.2, 0.25) is 5.82 Å². The number of aryl methyl sites for hydroxylation is 1. The van der Waals surface area contributed by atoms with E-state index in [1.165, 1.54) is 32.1 Å². The number of hydrogen-bond donors (Lipinski definition) is 3. The Bertz CT molecular complexity index is 1340. The average Bonchev–Trinajstić information content (AvgIpc) is 3.34. The molecular weight excluding hydrogens is 514 g/mol. The Labute approximate surface area is 243 Å². The molecule has 0 saturated heterocycles.